The molecule has 0 saturated carbocycles. The Kier molecular flexibility index (Phi) is 8.80. The van der Waals surface area contributed by atoms with E-state index in [9.17, 15) is 0 Å². The molecule has 2 heteroatoms. The number of aromatic nitrogens is 2. The van der Waals surface area contributed by atoms with E-state index in [0.717, 1.165) is 6.54 Å². The van der Waals surface area contributed by atoms with Crippen LogP contribution in [0.4, 0.5) is 0 Å². The molecular weight excluding hydrogens is 316 g/mol. The van der Waals surface area contributed by atoms with Gasteiger partial charge < -0.3 is 0 Å². The van der Waals surface area contributed by atoms with Gasteiger partial charge in [-0.1, -0.05) is 32.1 Å². The largest absolute Gasteiger partial charge is 0.205 e. The fraction of sp³-hybridized carbons (Fsp3) is 0.583. The van der Waals surface area contributed by atoms with Crippen molar-refractivity contribution in [3.63, 3.8) is 0 Å². The highest BCUT2D eigenvalue weighted by molar-refractivity contribution is 5.12. The van der Waals surface area contributed by atoms with Gasteiger partial charge in [0.2, 0.25) is 0 Å². The highest BCUT2D eigenvalue weighted by atomic mass is 14.9. The molecule has 0 N–H and O–H groups in total. The number of rotatable bonds is 11. The van der Waals surface area contributed by atoms with Crippen LogP contribution in [0.1, 0.15) is 73.8 Å². The van der Waals surface area contributed by atoms with Gasteiger partial charge in [0.05, 0.1) is 0 Å². The fourth-order valence-electron chi connectivity index (χ4n) is 3.71. The SMILES string of the molecule is Cc1cc(C)c[n+](CCCCCCCCCCc2cc[n+](C)c(C)c2)c1. The van der Waals surface area contributed by atoms with E-state index < -0.39 is 0 Å². The fourth-order valence-corrected chi connectivity index (χ4v) is 3.71. The molecule has 2 rings (SSSR count). The molecule has 2 aromatic heterocycles. The predicted molar refractivity (Wildman–Crippen MR) is 109 cm³/mol. The zero-order chi connectivity index (χ0) is 18.8. The van der Waals surface area contributed by atoms with Crippen molar-refractivity contribution in [1.29, 1.82) is 0 Å². The van der Waals surface area contributed by atoms with E-state index in [1.54, 1.807) is 0 Å². The molecule has 0 aromatic carbocycles. The predicted octanol–water partition coefficient (Wildman–Crippen LogP) is 5.09. The van der Waals surface area contributed by atoms with Crippen LogP contribution in [0, 0.1) is 20.8 Å². The molecule has 26 heavy (non-hydrogen) atoms. The minimum absolute atomic E-state index is 1.16. The first-order valence-corrected chi connectivity index (χ1v) is 10.5. The third-order valence-electron chi connectivity index (χ3n) is 5.29. The first-order valence-electron chi connectivity index (χ1n) is 10.5. The van der Waals surface area contributed by atoms with Crippen molar-refractivity contribution in [2.24, 2.45) is 7.05 Å². The number of hydrogen-bond donors (Lipinski definition) is 0. The normalized spacial score (nSPS) is 11.1. The van der Waals surface area contributed by atoms with Crippen LogP contribution in [0.2, 0.25) is 0 Å². The quantitative estimate of drug-likeness (QED) is 0.392. The summed E-state index contributed by atoms with van der Waals surface area (Å²) in [6.45, 7) is 7.71. The summed E-state index contributed by atoms with van der Waals surface area (Å²) in [6, 6.07) is 6.84. The molecule has 0 bridgehead atoms. The Bertz CT molecular complexity index is 656. The van der Waals surface area contributed by atoms with Crippen molar-refractivity contribution in [2.75, 3.05) is 0 Å². The Balaban J connectivity index is 1.46. The molecule has 2 nitrogen and oxygen atoms in total. The van der Waals surface area contributed by atoms with Gasteiger partial charge in [-0.2, -0.15) is 0 Å². The lowest BCUT2D eigenvalue weighted by Gasteiger charge is -2.03. The number of aryl methyl sites for hydroxylation is 6. The zero-order valence-corrected chi connectivity index (χ0v) is 17.4. The van der Waals surface area contributed by atoms with E-state index in [-0.39, 0.29) is 0 Å². The van der Waals surface area contributed by atoms with Crippen LogP contribution in [0.15, 0.2) is 36.8 Å². The number of hydrogen-bond acceptors (Lipinski definition) is 0. The van der Waals surface area contributed by atoms with Crippen molar-refractivity contribution in [3.8, 4) is 0 Å². The number of unbranched alkanes of at least 4 members (excludes halogenated alkanes) is 7. The Morgan fingerprint density at radius 1 is 0.731 bits per heavy atom. The molecule has 0 saturated heterocycles. The van der Waals surface area contributed by atoms with Crippen molar-refractivity contribution in [3.05, 3.63) is 59.2 Å². The first kappa shape index (κ1) is 20.6. The summed E-state index contributed by atoms with van der Waals surface area (Å²) in [5, 5.41) is 0. The minimum atomic E-state index is 1.16. The summed E-state index contributed by atoms with van der Waals surface area (Å²) in [7, 11) is 2.11. The average Bonchev–Trinajstić information content (AvgIpc) is 2.59. The van der Waals surface area contributed by atoms with Gasteiger partial charge in [-0.25, -0.2) is 9.13 Å². The van der Waals surface area contributed by atoms with Crippen LogP contribution in [0.5, 0.6) is 0 Å². The van der Waals surface area contributed by atoms with E-state index in [0.29, 0.717) is 0 Å². The van der Waals surface area contributed by atoms with Gasteiger partial charge in [0, 0.05) is 36.6 Å². The number of nitrogens with zero attached hydrogens (tertiary/aromatic N) is 2. The maximum absolute atomic E-state index is 2.36. The summed E-state index contributed by atoms with van der Waals surface area (Å²) in [4.78, 5) is 0. The molecule has 142 valence electrons. The highest BCUT2D eigenvalue weighted by Gasteiger charge is 2.03. The van der Waals surface area contributed by atoms with Crippen LogP contribution in [-0.4, -0.2) is 0 Å². The maximum atomic E-state index is 2.36. The summed E-state index contributed by atoms with van der Waals surface area (Å²) in [5.74, 6) is 0. The molecule has 0 aliphatic rings. The topological polar surface area (TPSA) is 7.76 Å². The molecule has 0 radical (unpaired) electrons. The summed E-state index contributed by atoms with van der Waals surface area (Å²) in [5.41, 5.74) is 5.57. The second-order valence-corrected chi connectivity index (χ2v) is 7.99. The third kappa shape index (κ3) is 7.68. The van der Waals surface area contributed by atoms with Crippen molar-refractivity contribution in [2.45, 2.75) is 85.1 Å². The van der Waals surface area contributed by atoms with Crippen LogP contribution in [-0.2, 0) is 20.0 Å². The molecule has 0 spiro atoms. The van der Waals surface area contributed by atoms with Crippen LogP contribution in [0.3, 0.4) is 0 Å². The van der Waals surface area contributed by atoms with Crippen LogP contribution in [0.25, 0.3) is 0 Å². The lowest BCUT2D eigenvalue weighted by molar-refractivity contribution is -0.698. The molecule has 0 fully saturated rings. The minimum Gasteiger partial charge on any atom is -0.205 e. The lowest BCUT2D eigenvalue weighted by Crippen LogP contribution is -2.33. The second kappa shape index (κ2) is 11.1. The zero-order valence-electron chi connectivity index (χ0n) is 17.4. The lowest BCUT2D eigenvalue weighted by atomic mass is 10.0. The highest BCUT2D eigenvalue weighted by Crippen LogP contribution is 2.11. The third-order valence-corrected chi connectivity index (χ3v) is 5.29. The van der Waals surface area contributed by atoms with Gasteiger partial charge >= 0.3 is 0 Å². The van der Waals surface area contributed by atoms with Crippen LogP contribution < -0.4 is 9.13 Å². The Hall–Kier alpha value is -1.70. The molecule has 0 amide bonds. The molecular formula is C24H38N2+2. The molecule has 0 aliphatic heterocycles. The monoisotopic (exact) mass is 354 g/mol. The van der Waals surface area contributed by atoms with E-state index >= 15 is 0 Å². The molecule has 0 aliphatic carbocycles. The van der Waals surface area contributed by atoms with Gasteiger partial charge in [-0.05, 0) is 44.7 Å². The first-order chi connectivity index (χ1) is 12.5. The van der Waals surface area contributed by atoms with Crippen molar-refractivity contribution >= 4 is 0 Å². The van der Waals surface area contributed by atoms with Gasteiger partial charge in [-0.15, -0.1) is 0 Å². The molecule has 2 aromatic rings. The van der Waals surface area contributed by atoms with E-state index in [4.69, 9.17) is 0 Å². The van der Waals surface area contributed by atoms with Gasteiger partial charge in [0.25, 0.3) is 0 Å². The van der Waals surface area contributed by atoms with Gasteiger partial charge in [0.15, 0.2) is 24.3 Å². The molecule has 0 unspecified atom stereocenters. The summed E-state index contributed by atoms with van der Waals surface area (Å²) in [6.07, 6.45) is 18.9. The second-order valence-electron chi connectivity index (χ2n) is 7.99. The van der Waals surface area contributed by atoms with Gasteiger partial charge in [0.1, 0.15) is 13.6 Å². The number of pyridine rings is 2. The molecule has 2 heterocycles. The smallest absolute Gasteiger partial charge is 0.178 e. The Morgan fingerprint density at radius 3 is 1.92 bits per heavy atom. The Morgan fingerprint density at radius 2 is 1.31 bits per heavy atom. The van der Waals surface area contributed by atoms with E-state index in [1.807, 2.05) is 0 Å². The summed E-state index contributed by atoms with van der Waals surface area (Å²) >= 11 is 0. The standard InChI is InChI=1S/C24H38N2/c1-21-17-22(2)20-26(19-21)15-12-10-8-6-5-7-9-11-13-24-14-16-25(4)23(3)18-24/h14,16-20H,5-13,15H2,1-4H3/q+2. The van der Waals surface area contributed by atoms with Crippen LogP contribution >= 0.6 is 0 Å². The van der Waals surface area contributed by atoms with Gasteiger partial charge in [-0.3, -0.25) is 0 Å². The van der Waals surface area contributed by atoms with E-state index in [2.05, 4.69) is 73.7 Å². The maximum Gasteiger partial charge on any atom is 0.178 e. The Labute approximate surface area is 160 Å². The van der Waals surface area contributed by atoms with Crippen molar-refractivity contribution < 1.29 is 9.13 Å². The average molecular weight is 355 g/mol. The molecule has 0 atom stereocenters. The van der Waals surface area contributed by atoms with Crippen molar-refractivity contribution in [1.82, 2.24) is 0 Å². The summed E-state index contributed by atoms with van der Waals surface area (Å²) < 4.78 is 4.54. The van der Waals surface area contributed by atoms with E-state index in [1.165, 1.54) is 80.2 Å².